The van der Waals surface area contributed by atoms with Crippen LogP contribution in [0.4, 0.5) is 5.82 Å². The summed E-state index contributed by atoms with van der Waals surface area (Å²) in [5.74, 6) is -0.373. The van der Waals surface area contributed by atoms with Crippen LogP contribution in [0.25, 0.3) is 11.3 Å². The maximum Gasteiger partial charge on any atom is 0.316 e. The van der Waals surface area contributed by atoms with Crippen LogP contribution in [0.5, 0.6) is 0 Å². The van der Waals surface area contributed by atoms with Gasteiger partial charge in [-0.25, -0.2) is 4.99 Å². The lowest BCUT2D eigenvalue weighted by Crippen LogP contribution is -2.37. The molecule has 4 rings (SSSR count). The number of nitrogens with zero attached hydrogens (tertiary/aromatic N) is 2. The fraction of sp³-hybridized carbons (Fsp3) is 0.320. The van der Waals surface area contributed by atoms with Crippen LogP contribution in [0.2, 0.25) is 0 Å². The largest absolute Gasteiger partial charge is 0.459 e. The van der Waals surface area contributed by atoms with E-state index in [1.54, 1.807) is 0 Å². The van der Waals surface area contributed by atoms with E-state index in [4.69, 9.17) is 9.73 Å². The van der Waals surface area contributed by atoms with Gasteiger partial charge in [-0.05, 0) is 51.3 Å². The van der Waals surface area contributed by atoms with Crippen molar-refractivity contribution in [3.05, 3.63) is 71.3 Å². The van der Waals surface area contributed by atoms with Gasteiger partial charge in [0, 0.05) is 17.2 Å². The maximum absolute atomic E-state index is 13.4. The van der Waals surface area contributed by atoms with Gasteiger partial charge < -0.3 is 4.74 Å². The van der Waals surface area contributed by atoms with E-state index in [1.807, 2.05) is 70.2 Å². The number of aliphatic imine (C=N–C) groups is 1. The van der Waals surface area contributed by atoms with Gasteiger partial charge in [0.2, 0.25) is 0 Å². The van der Waals surface area contributed by atoms with E-state index >= 15 is 0 Å². The zero-order valence-corrected chi connectivity index (χ0v) is 18.1. The first kappa shape index (κ1) is 20.1. The van der Waals surface area contributed by atoms with Gasteiger partial charge >= 0.3 is 5.97 Å². The van der Waals surface area contributed by atoms with Crippen molar-refractivity contribution >= 4 is 17.5 Å². The van der Waals surface area contributed by atoms with Crippen molar-refractivity contribution in [2.45, 2.75) is 46.1 Å². The van der Waals surface area contributed by atoms with Gasteiger partial charge in [-0.2, -0.15) is 5.10 Å². The van der Waals surface area contributed by atoms with Gasteiger partial charge in [0.25, 0.3) is 0 Å². The highest BCUT2D eigenvalue weighted by molar-refractivity contribution is 6.05. The van der Waals surface area contributed by atoms with E-state index in [-0.39, 0.29) is 11.9 Å². The summed E-state index contributed by atoms with van der Waals surface area (Å²) in [5, 5.41) is 7.66. The number of nitrogens with one attached hydrogen (secondary N) is 1. The monoisotopic (exact) mass is 401 g/mol. The van der Waals surface area contributed by atoms with Crippen molar-refractivity contribution in [2.24, 2.45) is 10.9 Å². The van der Waals surface area contributed by atoms with Crippen molar-refractivity contribution < 1.29 is 9.53 Å². The Morgan fingerprint density at radius 1 is 1.00 bits per heavy atom. The summed E-state index contributed by atoms with van der Waals surface area (Å²) in [7, 11) is 0. The van der Waals surface area contributed by atoms with E-state index < -0.39 is 11.5 Å². The second-order valence-electron chi connectivity index (χ2n) is 8.80. The summed E-state index contributed by atoms with van der Waals surface area (Å²) in [6.07, 6.45) is 0. The van der Waals surface area contributed by atoms with Crippen LogP contribution >= 0.6 is 0 Å². The first-order valence-corrected chi connectivity index (χ1v) is 10.2. The molecule has 5 heteroatoms. The number of rotatable bonds is 3. The van der Waals surface area contributed by atoms with Crippen LogP contribution in [-0.4, -0.2) is 27.5 Å². The molecule has 0 saturated carbocycles. The molecule has 0 fully saturated rings. The molecular formula is C25H27N3O2. The minimum absolute atomic E-state index is 0.234. The summed E-state index contributed by atoms with van der Waals surface area (Å²) in [5.41, 5.74) is 5.20. The number of carbonyl (C=O) groups is 1. The Bertz CT molecular complexity index is 1110. The lowest BCUT2D eigenvalue weighted by Gasteiger charge is -2.33. The summed E-state index contributed by atoms with van der Waals surface area (Å²) in [6.45, 7) is 9.63. The molecule has 0 bridgehead atoms. The third-order valence-corrected chi connectivity index (χ3v) is 5.41. The molecule has 0 saturated heterocycles. The molecule has 2 atom stereocenters. The van der Waals surface area contributed by atoms with Crippen molar-refractivity contribution in [2.75, 3.05) is 0 Å². The molecule has 2 heterocycles. The van der Waals surface area contributed by atoms with E-state index in [0.717, 1.165) is 33.7 Å². The zero-order valence-electron chi connectivity index (χ0n) is 18.1. The molecule has 154 valence electrons. The Balaban J connectivity index is 1.93. The first-order valence-electron chi connectivity index (χ1n) is 10.2. The van der Waals surface area contributed by atoms with E-state index in [2.05, 4.69) is 29.3 Å². The molecule has 1 aliphatic heterocycles. The topological polar surface area (TPSA) is 67.3 Å². The number of carbonyl (C=O) groups excluding carboxylic acids is 1. The van der Waals surface area contributed by atoms with E-state index in [9.17, 15) is 4.79 Å². The minimum atomic E-state index is -0.577. The van der Waals surface area contributed by atoms with Crippen LogP contribution in [0, 0.1) is 12.8 Å². The number of aryl methyl sites for hydroxylation is 1. The Kier molecular flexibility index (Phi) is 5.06. The smallest absolute Gasteiger partial charge is 0.316 e. The van der Waals surface area contributed by atoms with Gasteiger partial charge in [0.15, 0.2) is 5.82 Å². The Labute approximate surface area is 177 Å². The average Bonchev–Trinajstić information content (AvgIpc) is 3.10. The number of ether oxygens (including phenoxy) is 1. The number of aromatic nitrogens is 2. The molecule has 1 aliphatic rings. The second-order valence-corrected chi connectivity index (χ2v) is 8.80. The molecule has 0 spiro atoms. The lowest BCUT2D eigenvalue weighted by molar-refractivity contribution is -0.157. The fourth-order valence-corrected chi connectivity index (χ4v) is 4.13. The predicted molar refractivity (Wildman–Crippen MR) is 119 cm³/mol. The van der Waals surface area contributed by atoms with Crippen LogP contribution in [0.1, 0.15) is 50.3 Å². The van der Waals surface area contributed by atoms with Gasteiger partial charge in [0.05, 0.1) is 5.69 Å². The van der Waals surface area contributed by atoms with Crippen molar-refractivity contribution in [1.82, 2.24) is 10.2 Å². The van der Waals surface area contributed by atoms with E-state index in [0.29, 0.717) is 5.82 Å². The number of esters is 1. The highest BCUT2D eigenvalue weighted by Gasteiger charge is 2.43. The average molecular weight is 402 g/mol. The van der Waals surface area contributed by atoms with Crippen molar-refractivity contribution in [3.8, 4) is 11.3 Å². The zero-order chi connectivity index (χ0) is 21.5. The molecule has 1 N–H and O–H groups in total. The standard InChI is InChI=1S/C25H27N3O2/c1-15-11-9-10-14-18(15)20-19(24(29)30-25(3,4)5)16(2)26-23-21(20)22(27-28-23)17-12-7-6-8-13-17/h6-14,19-20H,1-5H3,(H,27,28). The highest BCUT2D eigenvalue weighted by Crippen LogP contribution is 2.47. The van der Waals surface area contributed by atoms with Crippen LogP contribution in [-0.2, 0) is 9.53 Å². The van der Waals surface area contributed by atoms with Crippen molar-refractivity contribution in [1.29, 1.82) is 0 Å². The summed E-state index contributed by atoms with van der Waals surface area (Å²) in [4.78, 5) is 18.1. The number of benzene rings is 2. The summed E-state index contributed by atoms with van der Waals surface area (Å²) >= 11 is 0. The molecule has 0 amide bonds. The van der Waals surface area contributed by atoms with Gasteiger partial charge in [-0.3, -0.25) is 9.89 Å². The minimum Gasteiger partial charge on any atom is -0.459 e. The summed E-state index contributed by atoms with van der Waals surface area (Å²) in [6, 6.07) is 18.2. The Morgan fingerprint density at radius 2 is 1.67 bits per heavy atom. The molecule has 5 nitrogen and oxygen atoms in total. The summed E-state index contributed by atoms with van der Waals surface area (Å²) < 4.78 is 5.83. The number of hydrogen-bond acceptors (Lipinski definition) is 4. The Hall–Kier alpha value is -3.21. The molecule has 0 aliphatic carbocycles. The molecule has 2 unspecified atom stereocenters. The molecular weight excluding hydrogens is 374 g/mol. The number of H-pyrrole nitrogens is 1. The highest BCUT2D eigenvalue weighted by atomic mass is 16.6. The van der Waals surface area contributed by atoms with Gasteiger partial charge in [-0.15, -0.1) is 0 Å². The molecule has 30 heavy (non-hydrogen) atoms. The molecule has 2 aromatic carbocycles. The van der Waals surface area contributed by atoms with Crippen molar-refractivity contribution in [3.63, 3.8) is 0 Å². The van der Waals surface area contributed by atoms with Crippen LogP contribution in [0.3, 0.4) is 0 Å². The molecule has 0 radical (unpaired) electrons. The quantitative estimate of drug-likeness (QED) is 0.583. The van der Waals surface area contributed by atoms with Crippen LogP contribution < -0.4 is 0 Å². The van der Waals surface area contributed by atoms with Gasteiger partial charge in [-0.1, -0.05) is 54.6 Å². The second kappa shape index (κ2) is 7.56. The number of fused-ring (bicyclic) bond motifs is 1. The Morgan fingerprint density at radius 3 is 2.33 bits per heavy atom. The number of aromatic amines is 1. The SMILES string of the molecule is CC1=Nc2n[nH]c(-c3ccccc3)c2C(c2ccccc2C)C1C(=O)OC(C)(C)C. The maximum atomic E-state index is 13.4. The van der Waals surface area contributed by atoms with Crippen LogP contribution in [0.15, 0.2) is 59.6 Å². The van der Waals surface area contributed by atoms with Gasteiger partial charge in [0.1, 0.15) is 11.5 Å². The third-order valence-electron chi connectivity index (χ3n) is 5.41. The molecule has 1 aromatic heterocycles. The number of hydrogen-bond donors (Lipinski definition) is 1. The normalized spacial score (nSPS) is 18.5. The molecule has 3 aromatic rings. The first-order chi connectivity index (χ1) is 14.3. The third kappa shape index (κ3) is 3.67. The lowest BCUT2D eigenvalue weighted by atomic mass is 9.74. The fourth-order valence-electron chi connectivity index (χ4n) is 4.13. The predicted octanol–water partition coefficient (Wildman–Crippen LogP) is 5.58. The van der Waals surface area contributed by atoms with E-state index in [1.165, 1.54) is 0 Å².